The Balaban J connectivity index is 1.52. The molecule has 4 rings (SSSR count). The van der Waals surface area contributed by atoms with Gasteiger partial charge in [0.05, 0.1) is 16.4 Å². The number of imidazole rings is 1. The first-order valence-corrected chi connectivity index (χ1v) is 9.21. The summed E-state index contributed by atoms with van der Waals surface area (Å²) in [6.07, 6.45) is 3.94. The number of carbonyl (C=O) groups excluding carboxylic acids is 1. The van der Waals surface area contributed by atoms with Crippen molar-refractivity contribution in [3.8, 4) is 11.3 Å². The van der Waals surface area contributed by atoms with E-state index < -0.39 is 0 Å². The van der Waals surface area contributed by atoms with E-state index in [0.717, 1.165) is 21.8 Å². The lowest BCUT2D eigenvalue weighted by atomic mass is 10.1. The van der Waals surface area contributed by atoms with Crippen LogP contribution >= 0.6 is 22.9 Å². The van der Waals surface area contributed by atoms with Crippen LogP contribution in [0, 0.1) is 6.92 Å². The van der Waals surface area contributed by atoms with Gasteiger partial charge in [-0.3, -0.25) is 4.40 Å². The molecule has 26 heavy (non-hydrogen) atoms. The van der Waals surface area contributed by atoms with Crippen LogP contribution in [0.1, 0.15) is 5.56 Å². The van der Waals surface area contributed by atoms with Crippen molar-refractivity contribution in [2.24, 2.45) is 0 Å². The Morgan fingerprint density at radius 3 is 2.92 bits per heavy atom. The van der Waals surface area contributed by atoms with E-state index in [2.05, 4.69) is 15.6 Å². The van der Waals surface area contributed by atoms with Crippen molar-refractivity contribution >= 4 is 45.3 Å². The SMILES string of the molecule is Cc1ccc(Cl)c(NC(=O)Nc2cccc(-c3cn4ccsc4n3)c2)c1. The van der Waals surface area contributed by atoms with Crippen molar-refractivity contribution in [2.75, 3.05) is 10.6 Å². The number of fused-ring (bicyclic) bond motifs is 1. The molecule has 2 heterocycles. The van der Waals surface area contributed by atoms with Gasteiger partial charge < -0.3 is 10.6 Å². The lowest BCUT2D eigenvalue weighted by molar-refractivity contribution is 0.262. The molecule has 0 aliphatic heterocycles. The van der Waals surface area contributed by atoms with Gasteiger partial charge in [0.1, 0.15) is 0 Å². The summed E-state index contributed by atoms with van der Waals surface area (Å²) in [4.78, 5) is 17.8. The van der Waals surface area contributed by atoms with Gasteiger partial charge >= 0.3 is 6.03 Å². The lowest BCUT2D eigenvalue weighted by Crippen LogP contribution is -2.19. The summed E-state index contributed by atoms with van der Waals surface area (Å²) >= 11 is 7.71. The molecular formula is C19H15ClN4OS. The minimum atomic E-state index is -0.347. The van der Waals surface area contributed by atoms with Crippen LogP contribution in [0.2, 0.25) is 5.02 Å². The van der Waals surface area contributed by atoms with Crippen LogP contribution in [0.15, 0.2) is 60.2 Å². The molecule has 5 nitrogen and oxygen atoms in total. The number of anilines is 2. The van der Waals surface area contributed by atoms with Crippen LogP contribution < -0.4 is 10.6 Å². The zero-order chi connectivity index (χ0) is 18.1. The minimum absolute atomic E-state index is 0.347. The van der Waals surface area contributed by atoms with E-state index >= 15 is 0 Å². The van der Waals surface area contributed by atoms with Crippen LogP contribution in [0.25, 0.3) is 16.2 Å². The second-order valence-electron chi connectivity index (χ2n) is 5.86. The standard InChI is InChI=1S/C19H15ClN4OS/c1-12-5-6-15(20)16(9-12)22-18(25)21-14-4-2-3-13(10-14)17-11-24-7-8-26-19(24)23-17/h2-11H,1H3,(H2,21,22,25). The third-order valence-electron chi connectivity index (χ3n) is 3.88. The largest absolute Gasteiger partial charge is 0.323 e. The maximum atomic E-state index is 12.3. The molecule has 0 radical (unpaired) electrons. The van der Waals surface area contributed by atoms with Gasteiger partial charge in [0.2, 0.25) is 0 Å². The fourth-order valence-corrected chi connectivity index (χ4v) is 3.51. The number of rotatable bonds is 3. The summed E-state index contributed by atoms with van der Waals surface area (Å²) in [6, 6.07) is 12.7. The smallest absolute Gasteiger partial charge is 0.308 e. The van der Waals surface area contributed by atoms with Crippen molar-refractivity contribution < 1.29 is 4.79 Å². The number of benzene rings is 2. The maximum absolute atomic E-state index is 12.3. The molecule has 0 saturated carbocycles. The van der Waals surface area contributed by atoms with Gasteiger partial charge in [0.25, 0.3) is 0 Å². The highest BCUT2D eigenvalue weighted by Gasteiger charge is 2.09. The van der Waals surface area contributed by atoms with Gasteiger partial charge in [0, 0.05) is 29.0 Å². The third kappa shape index (κ3) is 3.42. The molecule has 0 saturated heterocycles. The number of amides is 2. The normalized spacial score (nSPS) is 10.8. The molecule has 0 atom stereocenters. The molecule has 0 aliphatic rings. The summed E-state index contributed by atoms with van der Waals surface area (Å²) in [5, 5.41) is 8.10. The average Bonchev–Trinajstić information content (AvgIpc) is 3.20. The summed E-state index contributed by atoms with van der Waals surface area (Å²) in [5.74, 6) is 0. The van der Waals surface area contributed by atoms with Crippen LogP contribution in [-0.2, 0) is 0 Å². The zero-order valence-corrected chi connectivity index (χ0v) is 15.4. The third-order valence-corrected chi connectivity index (χ3v) is 4.98. The number of urea groups is 1. The van der Waals surface area contributed by atoms with Crippen LogP contribution in [0.5, 0.6) is 0 Å². The molecule has 2 N–H and O–H groups in total. The van der Waals surface area contributed by atoms with Crippen molar-refractivity contribution in [1.29, 1.82) is 0 Å². The second kappa shape index (κ2) is 6.82. The van der Waals surface area contributed by atoms with Crippen LogP contribution in [0.4, 0.5) is 16.2 Å². The molecular weight excluding hydrogens is 368 g/mol. The van der Waals surface area contributed by atoms with E-state index in [-0.39, 0.29) is 6.03 Å². The van der Waals surface area contributed by atoms with Crippen molar-refractivity contribution in [2.45, 2.75) is 6.92 Å². The van der Waals surface area contributed by atoms with Gasteiger partial charge in [-0.2, -0.15) is 0 Å². The number of halogens is 1. The Bertz CT molecular complexity index is 1070. The predicted octanol–water partition coefficient (Wildman–Crippen LogP) is 5.67. The molecule has 2 aromatic heterocycles. The number of nitrogens with zero attached hydrogens (tertiary/aromatic N) is 2. The van der Waals surface area contributed by atoms with E-state index in [9.17, 15) is 4.79 Å². The first-order valence-electron chi connectivity index (χ1n) is 7.95. The molecule has 0 bridgehead atoms. The number of hydrogen-bond acceptors (Lipinski definition) is 3. The zero-order valence-electron chi connectivity index (χ0n) is 13.9. The molecule has 2 amide bonds. The quantitative estimate of drug-likeness (QED) is 0.479. The molecule has 0 fully saturated rings. The Hall–Kier alpha value is -2.83. The molecule has 0 unspecified atom stereocenters. The highest BCUT2D eigenvalue weighted by atomic mass is 35.5. The van der Waals surface area contributed by atoms with Crippen LogP contribution in [-0.4, -0.2) is 15.4 Å². The summed E-state index contributed by atoms with van der Waals surface area (Å²) in [5.41, 5.74) is 4.08. The van der Waals surface area contributed by atoms with E-state index in [0.29, 0.717) is 16.4 Å². The number of aromatic nitrogens is 2. The molecule has 130 valence electrons. The highest BCUT2D eigenvalue weighted by Crippen LogP contribution is 2.25. The Morgan fingerprint density at radius 1 is 1.19 bits per heavy atom. The number of carbonyl (C=O) groups is 1. The number of thiazole rings is 1. The maximum Gasteiger partial charge on any atom is 0.323 e. The summed E-state index contributed by atoms with van der Waals surface area (Å²) in [7, 11) is 0. The molecule has 4 aromatic rings. The first kappa shape index (κ1) is 16.6. The van der Waals surface area contributed by atoms with E-state index in [4.69, 9.17) is 11.6 Å². The predicted molar refractivity (Wildman–Crippen MR) is 107 cm³/mol. The number of hydrogen-bond donors (Lipinski definition) is 2. The highest BCUT2D eigenvalue weighted by molar-refractivity contribution is 7.15. The second-order valence-corrected chi connectivity index (χ2v) is 7.14. The number of aryl methyl sites for hydroxylation is 1. The fraction of sp³-hybridized carbons (Fsp3) is 0.0526. The van der Waals surface area contributed by atoms with E-state index in [1.165, 1.54) is 0 Å². The van der Waals surface area contributed by atoms with E-state index in [1.807, 2.05) is 65.5 Å². The monoisotopic (exact) mass is 382 g/mol. The van der Waals surface area contributed by atoms with Crippen molar-refractivity contribution in [1.82, 2.24) is 9.38 Å². The molecule has 2 aromatic carbocycles. The minimum Gasteiger partial charge on any atom is -0.308 e. The Labute approximate surface area is 159 Å². The molecule has 7 heteroatoms. The lowest BCUT2D eigenvalue weighted by Gasteiger charge is -2.10. The topological polar surface area (TPSA) is 58.4 Å². The average molecular weight is 383 g/mol. The van der Waals surface area contributed by atoms with Gasteiger partial charge in [-0.25, -0.2) is 9.78 Å². The van der Waals surface area contributed by atoms with Gasteiger partial charge in [-0.15, -0.1) is 11.3 Å². The Kier molecular flexibility index (Phi) is 4.36. The fourth-order valence-electron chi connectivity index (χ4n) is 2.64. The van der Waals surface area contributed by atoms with Gasteiger partial charge in [-0.05, 0) is 36.8 Å². The van der Waals surface area contributed by atoms with Crippen molar-refractivity contribution in [3.05, 3.63) is 70.8 Å². The Morgan fingerprint density at radius 2 is 2.08 bits per heavy atom. The van der Waals surface area contributed by atoms with Gasteiger partial charge in [-0.1, -0.05) is 29.8 Å². The summed E-state index contributed by atoms with van der Waals surface area (Å²) in [6.45, 7) is 1.94. The van der Waals surface area contributed by atoms with Gasteiger partial charge in [0.15, 0.2) is 4.96 Å². The number of nitrogens with one attached hydrogen (secondary N) is 2. The molecule has 0 spiro atoms. The van der Waals surface area contributed by atoms with E-state index in [1.54, 1.807) is 17.4 Å². The van der Waals surface area contributed by atoms with Crippen LogP contribution in [0.3, 0.4) is 0 Å². The van der Waals surface area contributed by atoms with Crippen molar-refractivity contribution in [3.63, 3.8) is 0 Å². The summed E-state index contributed by atoms with van der Waals surface area (Å²) < 4.78 is 1.98. The molecule has 0 aliphatic carbocycles. The first-order chi connectivity index (χ1) is 12.6.